The predicted molar refractivity (Wildman–Crippen MR) is 70.8 cm³/mol. The summed E-state index contributed by atoms with van der Waals surface area (Å²) in [4.78, 5) is 2.16. The first-order valence-electron chi connectivity index (χ1n) is 5.94. The molecular formula is C13H16ClN3O. The molecule has 1 saturated heterocycles. The van der Waals surface area contributed by atoms with Crippen LogP contribution in [0.1, 0.15) is 11.6 Å². The second kappa shape index (κ2) is 6.05. The fourth-order valence-electron chi connectivity index (χ4n) is 2.16. The van der Waals surface area contributed by atoms with Crippen molar-refractivity contribution in [1.82, 2.24) is 10.2 Å². The second-order valence-electron chi connectivity index (χ2n) is 4.21. The summed E-state index contributed by atoms with van der Waals surface area (Å²) in [5.41, 5.74) is 0.921. The van der Waals surface area contributed by atoms with Crippen molar-refractivity contribution in [3.8, 4) is 11.8 Å². The van der Waals surface area contributed by atoms with Gasteiger partial charge >= 0.3 is 0 Å². The van der Waals surface area contributed by atoms with E-state index in [-0.39, 0.29) is 6.04 Å². The summed E-state index contributed by atoms with van der Waals surface area (Å²) < 4.78 is 5.12. The van der Waals surface area contributed by atoms with Gasteiger partial charge in [-0.3, -0.25) is 4.90 Å². The maximum absolute atomic E-state index is 9.36. The molecule has 4 nitrogen and oxygen atoms in total. The summed E-state index contributed by atoms with van der Waals surface area (Å²) in [7, 11) is 1.58. The Morgan fingerprint density at radius 3 is 2.72 bits per heavy atom. The van der Waals surface area contributed by atoms with E-state index in [1.807, 2.05) is 18.2 Å². The molecule has 0 bridgehead atoms. The van der Waals surface area contributed by atoms with Crippen LogP contribution in [0.3, 0.4) is 0 Å². The van der Waals surface area contributed by atoms with Crippen molar-refractivity contribution in [2.75, 3.05) is 33.3 Å². The first kappa shape index (κ1) is 13.2. The first-order chi connectivity index (χ1) is 8.76. The number of hydrogen-bond acceptors (Lipinski definition) is 4. The first-order valence-corrected chi connectivity index (χ1v) is 6.32. The molecule has 2 rings (SSSR count). The molecule has 1 N–H and O–H groups in total. The monoisotopic (exact) mass is 265 g/mol. The number of benzene rings is 1. The fourth-order valence-corrected chi connectivity index (χ4v) is 2.43. The van der Waals surface area contributed by atoms with Gasteiger partial charge in [0.25, 0.3) is 0 Å². The van der Waals surface area contributed by atoms with Crippen LogP contribution in [0.15, 0.2) is 18.2 Å². The van der Waals surface area contributed by atoms with E-state index in [1.54, 1.807) is 7.11 Å². The number of halogens is 1. The van der Waals surface area contributed by atoms with Crippen LogP contribution in [0.4, 0.5) is 0 Å². The maximum Gasteiger partial charge on any atom is 0.137 e. The third-order valence-electron chi connectivity index (χ3n) is 3.13. The minimum Gasteiger partial charge on any atom is -0.495 e. The molecule has 0 spiro atoms. The Bertz CT molecular complexity index is 452. The number of ether oxygens (including phenoxy) is 1. The summed E-state index contributed by atoms with van der Waals surface area (Å²) in [5.74, 6) is 0.636. The fraction of sp³-hybridized carbons (Fsp3) is 0.462. The van der Waals surface area contributed by atoms with Gasteiger partial charge in [-0.25, -0.2) is 0 Å². The second-order valence-corrected chi connectivity index (χ2v) is 4.62. The summed E-state index contributed by atoms with van der Waals surface area (Å²) in [6, 6.07) is 7.64. The van der Waals surface area contributed by atoms with E-state index >= 15 is 0 Å². The van der Waals surface area contributed by atoms with E-state index in [0.717, 1.165) is 31.7 Å². The van der Waals surface area contributed by atoms with Crippen molar-refractivity contribution in [2.24, 2.45) is 0 Å². The highest BCUT2D eigenvalue weighted by Gasteiger charge is 2.22. The van der Waals surface area contributed by atoms with Crippen molar-refractivity contribution in [2.45, 2.75) is 6.04 Å². The van der Waals surface area contributed by atoms with Gasteiger partial charge in [-0.2, -0.15) is 5.26 Å². The molecule has 18 heavy (non-hydrogen) atoms. The highest BCUT2D eigenvalue weighted by Crippen LogP contribution is 2.29. The van der Waals surface area contributed by atoms with Gasteiger partial charge in [0.15, 0.2) is 0 Å². The zero-order valence-corrected chi connectivity index (χ0v) is 11.1. The number of rotatable bonds is 3. The molecule has 1 aromatic rings. The van der Waals surface area contributed by atoms with Crippen molar-refractivity contribution in [1.29, 1.82) is 5.26 Å². The average Bonchev–Trinajstić information content (AvgIpc) is 2.41. The number of nitrogens with zero attached hydrogens (tertiary/aromatic N) is 2. The van der Waals surface area contributed by atoms with E-state index in [2.05, 4.69) is 16.3 Å². The Labute approximate surface area is 112 Å². The minimum atomic E-state index is -0.240. The highest BCUT2D eigenvalue weighted by atomic mass is 35.5. The molecular weight excluding hydrogens is 250 g/mol. The Morgan fingerprint density at radius 1 is 1.44 bits per heavy atom. The molecule has 1 unspecified atom stereocenters. The molecule has 0 saturated carbocycles. The highest BCUT2D eigenvalue weighted by molar-refractivity contribution is 6.32. The largest absolute Gasteiger partial charge is 0.495 e. The molecule has 0 aromatic heterocycles. The van der Waals surface area contributed by atoms with Crippen LogP contribution in [0.25, 0.3) is 0 Å². The van der Waals surface area contributed by atoms with Gasteiger partial charge in [-0.05, 0) is 17.7 Å². The third kappa shape index (κ3) is 2.75. The number of nitriles is 1. The zero-order valence-electron chi connectivity index (χ0n) is 10.3. The van der Waals surface area contributed by atoms with Crippen LogP contribution >= 0.6 is 11.6 Å². The molecule has 0 radical (unpaired) electrons. The van der Waals surface area contributed by atoms with E-state index in [4.69, 9.17) is 16.3 Å². The molecule has 1 aromatic carbocycles. The molecule has 5 heteroatoms. The topological polar surface area (TPSA) is 48.3 Å². The van der Waals surface area contributed by atoms with Gasteiger partial charge in [0.05, 0.1) is 18.2 Å². The minimum absolute atomic E-state index is 0.240. The number of nitrogens with one attached hydrogen (secondary N) is 1. The zero-order chi connectivity index (χ0) is 13.0. The van der Waals surface area contributed by atoms with Crippen molar-refractivity contribution in [3.63, 3.8) is 0 Å². The van der Waals surface area contributed by atoms with Crippen LogP contribution in [0.5, 0.6) is 5.75 Å². The molecule has 1 fully saturated rings. The van der Waals surface area contributed by atoms with Crippen molar-refractivity contribution in [3.05, 3.63) is 28.8 Å². The lowest BCUT2D eigenvalue weighted by Crippen LogP contribution is -2.44. The molecule has 0 amide bonds. The molecule has 1 atom stereocenters. The van der Waals surface area contributed by atoms with E-state index in [0.29, 0.717) is 10.8 Å². The quantitative estimate of drug-likeness (QED) is 0.906. The van der Waals surface area contributed by atoms with Crippen LogP contribution in [0, 0.1) is 11.3 Å². The third-order valence-corrected chi connectivity index (χ3v) is 3.43. The van der Waals surface area contributed by atoms with Crippen LogP contribution in [-0.2, 0) is 0 Å². The van der Waals surface area contributed by atoms with Gasteiger partial charge in [-0.1, -0.05) is 17.7 Å². The van der Waals surface area contributed by atoms with Crippen molar-refractivity contribution < 1.29 is 4.74 Å². The Morgan fingerprint density at radius 2 is 2.17 bits per heavy atom. The Balaban J connectivity index is 2.22. The molecule has 96 valence electrons. The molecule has 1 heterocycles. The SMILES string of the molecule is COc1ccc(C(C#N)N2CCNCC2)cc1Cl. The van der Waals surface area contributed by atoms with Gasteiger partial charge in [0.1, 0.15) is 11.8 Å². The number of hydrogen-bond donors (Lipinski definition) is 1. The van der Waals surface area contributed by atoms with Gasteiger partial charge in [0, 0.05) is 26.2 Å². The van der Waals surface area contributed by atoms with E-state index in [1.165, 1.54) is 0 Å². The maximum atomic E-state index is 9.36. The van der Waals surface area contributed by atoms with E-state index < -0.39 is 0 Å². The summed E-state index contributed by atoms with van der Waals surface area (Å²) >= 11 is 6.10. The standard InChI is InChI=1S/C13H16ClN3O/c1-18-13-3-2-10(8-11(13)14)12(9-15)17-6-4-16-5-7-17/h2-3,8,12,16H,4-7H2,1H3. The predicted octanol–water partition coefficient (Wildman–Crippen LogP) is 1.82. The molecule has 1 aliphatic heterocycles. The summed E-state index contributed by atoms with van der Waals surface area (Å²) in [6.07, 6.45) is 0. The Hall–Kier alpha value is -1.28. The lowest BCUT2D eigenvalue weighted by Gasteiger charge is -2.31. The molecule has 1 aliphatic rings. The normalized spacial score (nSPS) is 18.1. The smallest absolute Gasteiger partial charge is 0.137 e. The van der Waals surface area contributed by atoms with Gasteiger partial charge < -0.3 is 10.1 Å². The van der Waals surface area contributed by atoms with Crippen LogP contribution in [-0.4, -0.2) is 38.2 Å². The van der Waals surface area contributed by atoms with Crippen LogP contribution < -0.4 is 10.1 Å². The van der Waals surface area contributed by atoms with E-state index in [9.17, 15) is 5.26 Å². The summed E-state index contributed by atoms with van der Waals surface area (Å²) in [5, 5.41) is 13.2. The lowest BCUT2D eigenvalue weighted by molar-refractivity contribution is 0.207. The van der Waals surface area contributed by atoms with Gasteiger partial charge in [0.2, 0.25) is 0 Å². The number of methoxy groups -OCH3 is 1. The molecule has 0 aliphatic carbocycles. The van der Waals surface area contributed by atoms with Crippen molar-refractivity contribution >= 4 is 11.6 Å². The van der Waals surface area contributed by atoms with Crippen LogP contribution in [0.2, 0.25) is 5.02 Å². The number of piperazine rings is 1. The Kier molecular flexibility index (Phi) is 4.43. The van der Waals surface area contributed by atoms with Gasteiger partial charge in [-0.15, -0.1) is 0 Å². The summed E-state index contributed by atoms with van der Waals surface area (Å²) in [6.45, 7) is 3.59. The average molecular weight is 266 g/mol. The lowest BCUT2D eigenvalue weighted by atomic mass is 10.1.